The van der Waals surface area contributed by atoms with Gasteiger partial charge in [-0.1, -0.05) is 51.2 Å². The van der Waals surface area contributed by atoms with E-state index in [2.05, 4.69) is 11.9 Å². The third kappa shape index (κ3) is 4.12. The predicted octanol–water partition coefficient (Wildman–Crippen LogP) is 4.82. The molecule has 2 aromatic rings. The lowest BCUT2D eigenvalue weighted by molar-refractivity contribution is -0.134. The SMILES string of the molecule is CCCCCCCCC(=O)Oc1c[nH]c2ccccc12. The Bertz CT molecular complexity index is 545. The maximum Gasteiger partial charge on any atom is 0.311 e. The predicted molar refractivity (Wildman–Crippen MR) is 81.9 cm³/mol. The van der Waals surface area contributed by atoms with E-state index in [4.69, 9.17) is 4.74 Å². The summed E-state index contributed by atoms with van der Waals surface area (Å²) in [6.45, 7) is 2.21. The number of hydrogen-bond donors (Lipinski definition) is 1. The van der Waals surface area contributed by atoms with Crippen LogP contribution in [0.5, 0.6) is 5.75 Å². The second-order valence-corrected chi connectivity index (χ2v) is 5.19. The van der Waals surface area contributed by atoms with Crippen molar-refractivity contribution >= 4 is 16.9 Å². The minimum atomic E-state index is -0.134. The Morgan fingerprint density at radius 2 is 1.85 bits per heavy atom. The van der Waals surface area contributed by atoms with Crippen molar-refractivity contribution in [3.8, 4) is 5.75 Å². The Kier molecular flexibility index (Phi) is 5.66. The molecule has 0 spiro atoms. The van der Waals surface area contributed by atoms with Crippen LogP contribution in [0, 0.1) is 0 Å². The van der Waals surface area contributed by atoms with Crippen LogP contribution >= 0.6 is 0 Å². The molecule has 20 heavy (non-hydrogen) atoms. The van der Waals surface area contributed by atoms with Crippen molar-refractivity contribution in [1.82, 2.24) is 4.98 Å². The van der Waals surface area contributed by atoms with Gasteiger partial charge in [-0.15, -0.1) is 0 Å². The molecule has 0 radical (unpaired) electrons. The summed E-state index contributed by atoms with van der Waals surface area (Å²) in [5.41, 5.74) is 0.995. The average molecular weight is 273 g/mol. The van der Waals surface area contributed by atoms with Crippen LogP contribution in [0.2, 0.25) is 0 Å². The number of H-pyrrole nitrogens is 1. The molecular formula is C17H23NO2. The minimum Gasteiger partial charge on any atom is -0.424 e. The Labute approximate surface area is 120 Å². The molecule has 0 amide bonds. The van der Waals surface area contributed by atoms with Crippen LogP contribution in [0.3, 0.4) is 0 Å². The molecule has 0 aliphatic rings. The summed E-state index contributed by atoms with van der Waals surface area (Å²) in [6.07, 6.45) is 9.33. The summed E-state index contributed by atoms with van der Waals surface area (Å²) in [6, 6.07) is 7.83. The van der Waals surface area contributed by atoms with E-state index in [0.717, 1.165) is 23.7 Å². The molecule has 0 saturated carbocycles. The van der Waals surface area contributed by atoms with Gasteiger partial charge in [0.1, 0.15) is 0 Å². The number of aromatic nitrogens is 1. The van der Waals surface area contributed by atoms with Gasteiger partial charge < -0.3 is 9.72 Å². The number of unbranched alkanes of at least 4 members (excludes halogenated alkanes) is 5. The first kappa shape index (κ1) is 14.6. The summed E-state index contributed by atoms with van der Waals surface area (Å²) in [7, 11) is 0. The van der Waals surface area contributed by atoms with Crippen LogP contribution in [-0.2, 0) is 4.79 Å². The molecule has 2 rings (SSSR count). The Hall–Kier alpha value is -1.77. The fraction of sp³-hybridized carbons (Fsp3) is 0.471. The highest BCUT2D eigenvalue weighted by Crippen LogP contribution is 2.25. The highest BCUT2D eigenvalue weighted by molar-refractivity contribution is 5.88. The van der Waals surface area contributed by atoms with Gasteiger partial charge in [-0.25, -0.2) is 0 Å². The standard InChI is InChI=1S/C17H23NO2/c1-2-3-4-5-6-7-12-17(19)20-16-13-18-15-11-9-8-10-14(15)16/h8-11,13,18H,2-7,12H2,1H3. The van der Waals surface area contributed by atoms with E-state index in [1.54, 1.807) is 6.20 Å². The van der Waals surface area contributed by atoms with Gasteiger partial charge in [-0.2, -0.15) is 0 Å². The minimum absolute atomic E-state index is 0.134. The van der Waals surface area contributed by atoms with E-state index >= 15 is 0 Å². The van der Waals surface area contributed by atoms with E-state index in [-0.39, 0.29) is 5.97 Å². The largest absolute Gasteiger partial charge is 0.424 e. The number of benzene rings is 1. The van der Waals surface area contributed by atoms with Gasteiger partial charge in [0.25, 0.3) is 0 Å². The van der Waals surface area contributed by atoms with Crippen molar-refractivity contribution in [3.63, 3.8) is 0 Å². The first-order valence-electron chi connectivity index (χ1n) is 7.58. The maximum absolute atomic E-state index is 11.8. The molecule has 1 heterocycles. The van der Waals surface area contributed by atoms with E-state index in [0.29, 0.717) is 12.2 Å². The number of fused-ring (bicyclic) bond motifs is 1. The Morgan fingerprint density at radius 3 is 2.70 bits per heavy atom. The molecule has 0 aliphatic heterocycles. The highest BCUT2D eigenvalue weighted by Gasteiger charge is 2.09. The molecule has 0 unspecified atom stereocenters. The second kappa shape index (κ2) is 7.73. The van der Waals surface area contributed by atoms with Crippen molar-refractivity contribution in [2.45, 2.75) is 51.9 Å². The first-order chi connectivity index (χ1) is 9.81. The number of ether oxygens (including phenoxy) is 1. The van der Waals surface area contributed by atoms with Crippen LogP contribution in [0.15, 0.2) is 30.5 Å². The molecule has 1 aromatic carbocycles. The number of hydrogen-bond acceptors (Lipinski definition) is 2. The highest BCUT2D eigenvalue weighted by atomic mass is 16.5. The zero-order valence-electron chi connectivity index (χ0n) is 12.2. The summed E-state index contributed by atoms with van der Waals surface area (Å²) in [4.78, 5) is 14.9. The number of para-hydroxylation sites is 1. The molecule has 0 fully saturated rings. The van der Waals surface area contributed by atoms with Crippen molar-refractivity contribution in [1.29, 1.82) is 0 Å². The molecule has 3 heteroatoms. The van der Waals surface area contributed by atoms with Gasteiger partial charge in [0, 0.05) is 23.5 Å². The zero-order valence-corrected chi connectivity index (χ0v) is 12.2. The first-order valence-corrected chi connectivity index (χ1v) is 7.58. The number of nitrogens with one attached hydrogen (secondary N) is 1. The topological polar surface area (TPSA) is 42.1 Å². The van der Waals surface area contributed by atoms with Crippen LogP contribution in [-0.4, -0.2) is 11.0 Å². The van der Waals surface area contributed by atoms with E-state index in [9.17, 15) is 4.79 Å². The molecule has 0 bridgehead atoms. The fourth-order valence-electron chi connectivity index (χ4n) is 2.35. The lowest BCUT2D eigenvalue weighted by Crippen LogP contribution is -2.07. The smallest absolute Gasteiger partial charge is 0.311 e. The lowest BCUT2D eigenvalue weighted by atomic mass is 10.1. The number of carbonyl (C=O) groups excluding carboxylic acids is 1. The van der Waals surface area contributed by atoms with Gasteiger partial charge >= 0.3 is 5.97 Å². The normalized spacial score (nSPS) is 10.8. The summed E-state index contributed by atoms with van der Waals surface area (Å²) in [5, 5.41) is 0.962. The second-order valence-electron chi connectivity index (χ2n) is 5.19. The maximum atomic E-state index is 11.8. The van der Waals surface area contributed by atoms with Crippen LogP contribution in [0.4, 0.5) is 0 Å². The quantitative estimate of drug-likeness (QED) is 0.553. The number of rotatable bonds is 8. The Morgan fingerprint density at radius 1 is 1.10 bits per heavy atom. The van der Waals surface area contributed by atoms with E-state index < -0.39 is 0 Å². The number of aromatic amines is 1. The molecular weight excluding hydrogens is 250 g/mol. The molecule has 3 nitrogen and oxygen atoms in total. The zero-order chi connectivity index (χ0) is 14.2. The number of esters is 1. The van der Waals surface area contributed by atoms with Gasteiger partial charge in [0.2, 0.25) is 0 Å². The summed E-state index contributed by atoms with van der Waals surface area (Å²) >= 11 is 0. The number of carbonyl (C=O) groups is 1. The molecule has 108 valence electrons. The molecule has 1 N–H and O–H groups in total. The molecule has 0 atom stereocenters. The van der Waals surface area contributed by atoms with Crippen molar-refractivity contribution in [2.24, 2.45) is 0 Å². The van der Waals surface area contributed by atoms with Gasteiger partial charge in [-0.3, -0.25) is 4.79 Å². The third-order valence-corrected chi connectivity index (χ3v) is 3.51. The van der Waals surface area contributed by atoms with Crippen molar-refractivity contribution < 1.29 is 9.53 Å². The van der Waals surface area contributed by atoms with Crippen LogP contribution in [0.25, 0.3) is 10.9 Å². The monoisotopic (exact) mass is 273 g/mol. The van der Waals surface area contributed by atoms with Gasteiger partial charge in [0.05, 0.1) is 0 Å². The van der Waals surface area contributed by atoms with E-state index in [1.165, 1.54) is 25.7 Å². The van der Waals surface area contributed by atoms with Crippen LogP contribution in [0.1, 0.15) is 51.9 Å². The fourth-order valence-corrected chi connectivity index (χ4v) is 2.35. The summed E-state index contributed by atoms with van der Waals surface area (Å²) in [5.74, 6) is 0.502. The molecule has 0 aliphatic carbocycles. The van der Waals surface area contributed by atoms with Gasteiger partial charge in [-0.05, 0) is 18.6 Å². The van der Waals surface area contributed by atoms with Crippen LogP contribution < -0.4 is 4.74 Å². The summed E-state index contributed by atoms with van der Waals surface area (Å²) < 4.78 is 5.43. The average Bonchev–Trinajstić information content (AvgIpc) is 2.86. The van der Waals surface area contributed by atoms with Crippen molar-refractivity contribution in [3.05, 3.63) is 30.5 Å². The van der Waals surface area contributed by atoms with Crippen molar-refractivity contribution in [2.75, 3.05) is 0 Å². The Balaban J connectivity index is 1.74. The van der Waals surface area contributed by atoms with Gasteiger partial charge in [0.15, 0.2) is 5.75 Å². The van der Waals surface area contributed by atoms with E-state index in [1.807, 2.05) is 24.3 Å². The molecule has 0 saturated heterocycles. The third-order valence-electron chi connectivity index (χ3n) is 3.51. The molecule has 1 aromatic heterocycles. The lowest BCUT2D eigenvalue weighted by Gasteiger charge is -2.03.